The molecule has 2 aliphatic rings. The van der Waals surface area contributed by atoms with Crippen molar-refractivity contribution in [2.45, 2.75) is 52.1 Å². The number of hydrogen-bond acceptors (Lipinski definition) is 3. The third-order valence-corrected chi connectivity index (χ3v) is 6.23. The normalized spacial score (nSPS) is 16.8. The van der Waals surface area contributed by atoms with Crippen LogP contribution in [0.15, 0.2) is 48.5 Å². The first-order valence-corrected chi connectivity index (χ1v) is 11.6. The van der Waals surface area contributed by atoms with Gasteiger partial charge in [-0.2, -0.15) is 0 Å². The number of nitrogens with zero attached hydrogens (tertiary/aromatic N) is 2. The Labute approximate surface area is 189 Å². The van der Waals surface area contributed by atoms with Crippen molar-refractivity contribution < 1.29 is 14.4 Å². The van der Waals surface area contributed by atoms with Gasteiger partial charge in [0.25, 0.3) is 11.8 Å². The Kier molecular flexibility index (Phi) is 6.58. The van der Waals surface area contributed by atoms with E-state index in [0.29, 0.717) is 35.7 Å². The van der Waals surface area contributed by atoms with Gasteiger partial charge in [-0.05, 0) is 43.4 Å². The molecule has 6 heteroatoms. The van der Waals surface area contributed by atoms with Gasteiger partial charge in [0, 0.05) is 30.6 Å². The van der Waals surface area contributed by atoms with Crippen LogP contribution in [0.5, 0.6) is 0 Å². The molecule has 32 heavy (non-hydrogen) atoms. The van der Waals surface area contributed by atoms with Gasteiger partial charge in [-0.15, -0.1) is 0 Å². The second-order valence-electron chi connectivity index (χ2n) is 8.99. The number of amides is 3. The molecule has 2 aromatic carbocycles. The fraction of sp³-hybridized carbons (Fsp3) is 0.423. The smallest absolute Gasteiger partial charge is 0.260 e. The summed E-state index contributed by atoms with van der Waals surface area (Å²) in [6.07, 6.45) is 3.52. The second-order valence-corrected chi connectivity index (χ2v) is 8.99. The Morgan fingerprint density at radius 1 is 0.938 bits per heavy atom. The van der Waals surface area contributed by atoms with Gasteiger partial charge in [0.05, 0.1) is 11.3 Å². The predicted octanol–water partition coefficient (Wildman–Crippen LogP) is 4.52. The van der Waals surface area contributed by atoms with Crippen LogP contribution in [0.4, 0.5) is 5.69 Å². The number of benzene rings is 2. The third kappa shape index (κ3) is 4.27. The van der Waals surface area contributed by atoms with Crippen molar-refractivity contribution in [3.63, 3.8) is 0 Å². The van der Waals surface area contributed by atoms with E-state index in [0.717, 1.165) is 37.8 Å². The average Bonchev–Trinajstić information content (AvgIpc) is 3.08. The van der Waals surface area contributed by atoms with E-state index in [4.69, 9.17) is 0 Å². The number of anilines is 1. The summed E-state index contributed by atoms with van der Waals surface area (Å²) < 4.78 is 0. The van der Waals surface area contributed by atoms with Gasteiger partial charge in [0.15, 0.2) is 0 Å². The van der Waals surface area contributed by atoms with Crippen molar-refractivity contribution in [3.05, 3.63) is 65.2 Å². The van der Waals surface area contributed by atoms with Crippen LogP contribution in [0, 0.1) is 5.92 Å². The summed E-state index contributed by atoms with van der Waals surface area (Å²) in [6.45, 7) is 5.56. The molecule has 2 aliphatic heterocycles. The quantitative estimate of drug-likeness (QED) is 0.591. The minimum Gasteiger partial charge on any atom is -0.356 e. The molecule has 0 saturated heterocycles. The number of carbonyl (C=O) groups is 3. The molecule has 1 unspecified atom stereocenters. The van der Waals surface area contributed by atoms with Crippen LogP contribution < -0.4 is 10.2 Å². The number of fused-ring (bicyclic) bond motifs is 5. The lowest BCUT2D eigenvalue weighted by atomic mass is 10.0. The molecular weight excluding hydrogens is 402 g/mol. The van der Waals surface area contributed by atoms with Gasteiger partial charge in [-0.1, -0.05) is 50.6 Å². The standard InChI is InChI=1S/C26H31N3O3/c1-18(2)15-16-27-23(30)14-4-3-9-17-28-24-19-10-5-6-11-20(19)26(32)29(24)22-13-8-7-12-21(22)25(28)31/h5-8,10-13,18,24H,3-4,9,14-17H2,1-2H3,(H,27,30). The summed E-state index contributed by atoms with van der Waals surface area (Å²) in [7, 11) is 0. The Morgan fingerprint density at radius 2 is 1.66 bits per heavy atom. The number of rotatable bonds is 9. The van der Waals surface area contributed by atoms with Crippen molar-refractivity contribution in [1.82, 2.24) is 10.2 Å². The molecule has 0 radical (unpaired) electrons. The first kappa shape index (κ1) is 22.1. The van der Waals surface area contributed by atoms with E-state index in [1.807, 2.05) is 47.4 Å². The fourth-order valence-electron chi connectivity index (χ4n) is 4.53. The average molecular weight is 434 g/mol. The van der Waals surface area contributed by atoms with Gasteiger partial charge in [0.2, 0.25) is 5.91 Å². The van der Waals surface area contributed by atoms with E-state index in [9.17, 15) is 14.4 Å². The molecule has 0 aromatic heterocycles. The lowest BCUT2D eigenvalue weighted by molar-refractivity contribution is -0.121. The van der Waals surface area contributed by atoms with Gasteiger partial charge in [-0.25, -0.2) is 0 Å². The summed E-state index contributed by atoms with van der Waals surface area (Å²) in [5.41, 5.74) is 2.78. The molecule has 2 heterocycles. The first-order chi connectivity index (χ1) is 15.5. The van der Waals surface area contributed by atoms with Crippen LogP contribution >= 0.6 is 0 Å². The van der Waals surface area contributed by atoms with Crippen LogP contribution in [0.1, 0.15) is 78.4 Å². The number of carbonyl (C=O) groups excluding carboxylic acids is 3. The van der Waals surface area contributed by atoms with Crippen molar-refractivity contribution in [1.29, 1.82) is 0 Å². The van der Waals surface area contributed by atoms with Crippen molar-refractivity contribution in [3.8, 4) is 0 Å². The van der Waals surface area contributed by atoms with E-state index in [1.165, 1.54) is 0 Å². The zero-order chi connectivity index (χ0) is 22.7. The van der Waals surface area contributed by atoms with Crippen LogP contribution in [0.3, 0.4) is 0 Å². The Bertz CT molecular complexity index is 1020. The summed E-state index contributed by atoms with van der Waals surface area (Å²) >= 11 is 0. The molecule has 0 aliphatic carbocycles. The first-order valence-electron chi connectivity index (χ1n) is 11.6. The SMILES string of the molecule is CC(C)CCNC(=O)CCCCCN1C(=O)c2ccccc2N2C(=O)c3ccccc3C12. The Balaban J connectivity index is 1.41. The van der Waals surface area contributed by atoms with E-state index in [2.05, 4.69) is 19.2 Å². The second kappa shape index (κ2) is 9.55. The lowest BCUT2D eigenvalue weighted by Crippen LogP contribution is -2.48. The molecule has 3 amide bonds. The van der Waals surface area contributed by atoms with Crippen molar-refractivity contribution in [2.75, 3.05) is 18.0 Å². The molecule has 1 N–H and O–H groups in total. The highest BCUT2D eigenvalue weighted by atomic mass is 16.2. The van der Waals surface area contributed by atoms with Gasteiger partial charge >= 0.3 is 0 Å². The molecule has 0 saturated carbocycles. The maximum Gasteiger partial charge on any atom is 0.260 e. The maximum absolute atomic E-state index is 13.3. The zero-order valence-electron chi connectivity index (χ0n) is 18.8. The lowest BCUT2D eigenvalue weighted by Gasteiger charge is -2.41. The molecule has 0 fully saturated rings. The summed E-state index contributed by atoms with van der Waals surface area (Å²) in [6, 6.07) is 14.9. The largest absolute Gasteiger partial charge is 0.356 e. The van der Waals surface area contributed by atoms with E-state index >= 15 is 0 Å². The highest BCUT2D eigenvalue weighted by Gasteiger charge is 2.47. The molecule has 1 atom stereocenters. The molecule has 6 nitrogen and oxygen atoms in total. The monoisotopic (exact) mass is 433 g/mol. The topological polar surface area (TPSA) is 69.7 Å². The van der Waals surface area contributed by atoms with Gasteiger partial charge < -0.3 is 10.2 Å². The molecule has 0 bridgehead atoms. The van der Waals surface area contributed by atoms with E-state index < -0.39 is 6.17 Å². The zero-order valence-corrected chi connectivity index (χ0v) is 18.8. The van der Waals surface area contributed by atoms with Crippen LogP contribution in [0.25, 0.3) is 0 Å². The van der Waals surface area contributed by atoms with Gasteiger partial charge in [-0.3, -0.25) is 19.3 Å². The highest BCUT2D eigenvalue weighted by Crippen LogP contribution is 2.45. The van der Waals surface area contributed by atoms with E-state index in [-0.39, 0.29) is 17.7 Å². The number of nitrogens with one attached hydrogen (secondary N) is 1. The maximum atomic E-state index is 13.3. The fourth-order valence-corrected chi connectivity index (χ4v) is 4.53. The van der Waals surface area contributed by atoms with Crippen LogP contribution in [0.2, 0.25) is 0 Å². The van der Waals surface area contributed by atoms with Crippen LogP contribution in [-0.4, -0.2) is 35.7 Å². The van der Waals surface area contributed by atoms with E-state index in [1.54, 1.807) is 11.0 Å². The van der Waals surface area contributed by atoms with Gasteiger partial charge in [0.1, 0.15) is 6.17 Å². The van der Waals surface area contributed by atoms with Crippen molar-refractivity contribution in [2.24, 2.45) is 5.92 Å². The highest BCUT2D eigenvalue weighted by molar-refractivity contribution is 6.16. The number of unbranched alkanes of at least 4 members (excludes halogenated alkanes) is 2. The summed E-state index contributed by atoms with van der Waals surface area (Å²) in [4.78, 5) is 42.1. The third-order valence-electron chi connectivity index (χ3n) is 6.23. The molecule has 4 rings (SSSR count). The number of para-hydroxylation sites is 1. The molecule has 0 spiro atoms. The minimum atomic E-state index is -0.402. The van der Waals surface area contributed by atoms with Crippen molar-refractivity contribution >= 4 is 23.4 Å². The molecule has 2 aromatic rings. The predicted molar refractivity (Wildman–Crippen MR) is 124 cm³/mol. The summed E-state index contributed by atoms with van der Waals surface area (Å²) in [5, 5.41) is 2.97. The minimum absolute atomic E-state index is 0.0437. The molecule has 168 valence electrons. The summed E-state index contributed by atoms with van der Waals surface area (Å²) in [5.74, 6) is 0.566. The molecular formula is C26H31N3O3. The number of hydrogen-bond donors (Lipinski definition) is 1. The Morgan fingerprint density at radius 3 is 2.44 bits per heavy atom. The Hall–Kier alpha value is -3.15. The van der Waals surface area contributed by atoms with Crippen LogP contribution in [-0.2, 0) is 4.79 Å².